The summed E-state index contributed by atoms with van der Waals surface area (Å²) in [6.45, 7) is 2.22. The van der Waals surface area contributed by atoms with Crippen LogP contribution in [0.15, 0.2) is 48.6 Å². The lowest BCUT2D eigenvalue weighted by atomic mass is 10.0. The molecule has 9 heteroatoms. The first-order chi connectivity index (χ1) is 16.5. The number of tetrazole rings is 1. The molecular formula is C25H36N4O4S. The van der Waals surface area contributed by atoms with E-state index in [0.29, 0.717) is 17.0 Å². The van der Waals surface area contributed by atoms with Gasteiger partial charge in [0.15, 0.2) is 11.1 Å². The van der Waals surface area contributed by atoms with Gasteiger partial charge in [0.1, 0.15) is 11.9 Å². The SMILES string of the molecule is CCCCCCCCC/C=C/C=C/[C@H]([C@@H](O)c1cccc(-c2nnn[nH]2)c1)[S+]([O-])CCC(=O)O. The van der Waals surface area contributed by atoms with Crippen molar-refractivity contribution < 1.29 is 19.6 Å². The Labute approximate surface area is 204 Å². The maximum Gasteiger partial charge on any atom is 0.308 e. The molecule has 0 aliphatic carbocycles. The van der Waals surface area contributed by atoms with Gasteiger partial charge in [-0.15, -0.1) is 5.10 Å². The molecule has 0 saturated heterocycles. The lowest BCUT2D eigenvalue weighted by Gasteiger charge is -2.24. The number of aromatic nitrogens is 4. The van der Waals surface area contributed by atoms with Crippen LogP contribution in [0.1, 0.15) is 76.4 Å². The van der Waals surface area contributed by atoms with Crippen molar-refractivity contribution in [3.05, 3.63) is 54.1 Å². The van der Waals surface area contributed by atoms with Crippen molar-refractivity contribution in [3.63, 3.8) is 0 Å². The Bertz CT molecular complexity index is 889. The van der Waals surface area contributed by atoms with Crippen LogP contribution in [0.3, 0.4) is 0 Å². The van der Waals surface area contributed by atoms with Crippen LogP contribution in [0, 0.1) is 0 Å². The van der Waals surface area contributed by atoms with Crippen molar-refractivity contribution in [2.24, 2.45) is 0 Å². The molecular weight excluding hydrogens is 452 g/mol. The van der Waals surface area contributed by atoms with E-state index >= 15 is 0 Å². The number of hydrogen-bond acceptors (Lipinski definition) is 6. The number of nitrogens with one attached hydrogen (secondary N) is 1. The number of unbranched alkanes of at least 4 members (excludes halogenated alkanes) is 7. The monoisotopic (exact) mass is 488 g/mol. The highest BCUT2D eigenvalue weighted by molar-refractivity contribution is 7.92. The number of benzene rings is 1. The highest BCUT2D eigenvalue weighted by Gasteiger charge is 2.30. The first-order valence-corrected chi connectivity index (χ1v) is 13.4. The molecule has 1 unspecified atom stereocenters. The standard InChI is InChI=1S/C25H36N4O4S/c1-2-3-4-5-6-7-8-9-10-11-12-16-22(34(33)18-17-23(30)31)24(32)20-14-13-15-21(19-20)25-26-28-29-27-25/h10-16,19,22,24,32H,2-9,17-18H2,1H3,(H,30,31)(H,26,27,28,29)/b11-10+,16-12+/t22-,24+,34?/m1/s1. The first-order valence-electron chi connectivity index (χ1n) is 12.0. The molecule has 3 N–H and O–H groups in total. The average molecular weight is 489 g/mol. The summed E-state index contributed by atoms with van der Waals surface area (Å²) in [6, 6.07) is 7.04. The molecule has 0 amide bonds. The van der Waals surface area contributed by atoms with Crippen LogP contribution in [0.5, 0.6) is 0 Å². The second-order valence-corrected chi connectivity index (χ2v) is 9.95. The molecule has 2 rings (SSSR count). The van der Waals surface area contributed by atoms with Gasteiger partial charge in [0.05, 0.1) is 6.42 Å². The number of rotatable bonds is 17. The van der Waals surface area contributed by atoms with Crippen molar-refractivity contribution in [1.82, 2.24) is 20.6 Å². The number of carbonyl (C=O) groups is 1. The van der Waals surface area contributed by atoms with E-state index in [9.17, 15) is 14.5 Å². The van der Waals surface area contributed by atoms with Crippen LogP contribution in [0.2, 0.25) is 0 Å². The number of H-pyrrole nitrogens is 1. The summed E-state index contributed by atoms with van der Waals surface area (Å²) in [5.74, 6) is -0.587. The number of allylic oxidation sites excluding steroid dienone is 3. The molecule has 1 aromatic carbocycles. The number of nitrogens with zero attached hydrogens (tertiary/aromatic N) is 3. The number of aliphatic hydroxyl groups excluding tert-OH is 1. The van der Waals surface area contributed by atoms with Gasteiger partial charge in [-0.25, -0.2) is 5.10 Å². The van der Waals surface area contributed by atoms with Gasteiger partial charge in [-0.2, -0.15) is 0 Å². The Morgan fingerprint density at radius 2 is 1.94 bits per heavy atom. The molecule has 0 saturated carbocycles. The highest BCUT2D eigenvalue weighted by Crippen LogP contribution is 2.27. The number of aliphatic hydroxyl groups is 1. The second kappa shape index (κ2) is 16.2. The number of hydrogen-bond donors (Lipinski definition) is 3. The smallest absolute Gasteiger partial charge is 0.308 e. The summed E-state index contributed by atoms with van der Waals surface area (Å²) in [7, 11) is 0. The van der Waals surface area contributed by atoms with E-state index in [-0.39, 0.29) is 12.2 Å². The summed E-state index contributed by atoms with van der Waals surface area (Å²) in [6.07, 6.45) is 16.0. The fourth-order valence-electron chi connectivity index (χ4n) is 3.57. The largest absolute Gasteiger partial charge is 0.616 e. The van der Waals surface area contributed by atoms with E-state index < -0.39 is 28.5 Å². The van der Waals surface area contributed by atoms with Gasteiger partial charge in [-0.3, -0.25) is 4.79 Å². The quantitative estimate of drug-likeness (QED) is 0.166. The molecule has 2 aromatic rings. The van der Waals surface area contributed by atoms with E-state index in [1.807, 2.05) is 6.08 Å². The number of aromatic amines is 1. The van der Waals surface area contributed by atoms with Crippen LogP contribution < -0.4 is 0 Å². The van der Waals surface area contributed by atoms with Crippen molar-refractivity contribution >= 4 is 17.1 Å². The Hall–Kier alpha value is -2.49. The van der Waals surface area contributed by atoms with E-state index in [4.69, 9.17) is 5.11 Å². The zero-order valence-electron chi connectivity index (χ0n) is 19.8. The minimum Gasteiger partial charge on any atom is -0.616 e. The zero-order chi connectivity index (χ0) is 24.6. The fraction of sp³-hybridized carbons (Fsp3) is 0.520. The predicted molar refractivity (Wildman–Crippen MR) is 135 cm³/mol. The number of carboxylic acid groups (broad SMARTS) is 1. The van der Waals surface area contributed by atoms with Gasteiger partial charge < -0.3 is 14.8 Å². The molecule has 8 nitrogen and oxygen atoms in total. The topological polar surface area (TPSA) is 135 Å². The normalized spacial score (nSPS) is 14.6. The van der Waals surface area contributed by atoms with Crippen LogP contribution in [-0.2, 0) is 16.0 Å². The zero-order valence-corrected chi connectivity index (χ0v) is 20.6. The maximum absolute atomic E-state index is 12.9. The van der Waals surface area contributed by atoms with Crippen molar-refractivity contribution in [2.75, 3.05) is 5.75 Å². The van der Waals surface area contributed by atoms with Gasteiger partial charge >= 0.3 is 5.97 Å². The van der Waals surface area contributed by atoms with Crippen LogP contribution in [0.4, 0.5) is 0 Å². The molecule has 0 bridgehead atoms. The predicted octanol–water partition coefficient (Wildman–Crippen LogP) is 4.75. The van der Waals surface area contributed by atoms with Gasteiger partial charge in [0, 0.05) is 5.56 Å². The van der Waals surface area contributed by atoms with Crippen molar-refractivity contribution in [3.8, 4) is 11.4 Å². The van der Waals surface area contributed by atoms with Gasteiger partial charge in [0.25, 0.3) is 0 Å². The van der Waals surface area contributed by atoms with Gasteiger partial charge in [0.2, 0.25) is 0 Å². The highest BCUT2D eigenvalue weighted by atomic mass is 32.2. The van der Waals surface area contributed by atoms with Gasteiger partial charge in [-0.1, -0.05) is 81.9 Å². The Balaban J connectivity index is 1.98. The van der Waals surface area contributed by atoms with E-state index in [1.54, 1.807) is 36.4 Å². The van der Waals surface area contributed by atoms with Crippen LogP contribution in [-0.4, -0.2) is 52.4 Å². The molecule has 1 heterocycles. The molecule has 186 valence electrons. The Morgan fingerprint density at radius 1 is 1.18 bits per heavy atom. The van der Waals surface area contributed by atoms with Crippen LogP contribution >= 0.6 is 0 Å². The summed E-state index contributed by atoms with van der Waals surface area (Å²) in [4.78, 5) is 11.0. The number of carboxylic acids is 1. The van der Waals surface area contributed by atoms with Crippen molar-refractivity contribution in [2.45, 2.75) is 76.1 Å². The molecule has 1 aromatic heterocycles. The summed E-state index contributed by atoms with van der Waals surface area (Å²) >= 11 is -1.57. The van der Waals surface area contributed by atoms with E-state index in [0.717, 1.165) is 12.8 Å². The number of aliphatic carboxylic acids is 1. The Morgan fingerprint density at radius 3 is 2.65 bits per heavy atom. The average Bonchev–Trinajstić information content (AvgIpc) is 3.38. The Kier molecular flexibility index (Phi) is 13.2. The van der Waals surface area contributed by atoms with E-state index in [1.165, 1.54) is 38.5 Å². The lowest BCUT2D eigenvalue weighted by Crippen LogP contribution is -2.29. The van der Waals surface area contributed by atoms with Gasteiger partial charge in [-0.05, 0) is 52.2 Å². The first kappa shape index (κ1) is 27.8. The maximum atomic E-state index is 12.9. The molecule has 0 fully saturated rings. The van der Waals surface area contributed by atoms with E-state index in [2.05, 4.69) is 33.6 Å². The van der Waals surface area contributed by atoms with Crippen LogP contribution in [0.25, 0.3) is 11.4 Å². The third-order valence-corrected chi connectivity index (χ3v) is 7.13. The minimum atomic E-state index is -1.57. The molecule has 0 radical (unpaired) electrons. The fourth-order valence-corrected chi connectivity index (χ4v) is 4.93. The summed E-state index contributed by atoms with van der Waals surface area (Å²) in [5, 5.41) is 32.9. The third-order valence-electron chi connectivity index (χ3n) is 5.50. The molecule has 0 aliphatic rings. The molecule has 3 atom stereocenters. The second-order valence-electron chi connectivity index (χ2n) is 8.24. The third kappa shape index (κ3) is 10.2. The molecule has 34 heavy (non-hydrogen) atoms. The molecule has 0 aliphatic heterocycles. The summed E-state index contributed by atoms with van der Waals surface area (Å²) in [5.41, 5.74) is 1.24. The lowest BCUT2D eigenvalue weighted by molar-refractivity contribution is -0.136. The summed E-state index contributed by atoms with van der Waals surface area (Å²) < 4.78 is 12.9. The molecule has 0 spiro atoms. The minimum absolute atomic E-state index is 0.0329. The van der Waals surface area contributed by atoms with Crippen molar-refractivity contribution in [1.29, 1.82) is 0 Å².